The second-order valence-corrected chi connectivity index (χ2v) is 6.29. The molecule has 2 unspecified atom stereocenters. The maximum Gasteiger partial charge on any atom is 0.305 e. The van der Waals surface area contributed by atoms with E-state index in [2.05, 4.69) is 36.5 Å². The summed E-state index contributed by atoms with van der Waals surface area (Å²) >= 11 is 0. The first-order valence-corrected chi connectivity index (χ1v) is 7.69. The van der Waals surface area contributed by atoms with Gasteiger partial charge in [0.05, 0.1) is 6.42 Å². The van der Waals surface area contributed by atoms with Crippen LogP contribution in [-0.4, -0.2) is 23.2 Å². The van der Waals surface area contributed by atoms with Crippen LogP contribution in [0.15, 0.2) is 24.3 Å². The summed E-state index contributed by atoms with van der Waals surface area (Å²) in [5.74, 6) is 0.230. The molecule has 2 bridgehead atoms. The van der Waals surface area contributed by atoms with Gasteiger partial charge in [-0.05, 0) is 55.2 Å². The first kappa shape index (κ1) is 13.6. The van der Waals surface area contributed by atoms with E-state index in [1.54, 1.807) is 0 Å². The van der Waals surface area contributed by atoms with Crippen molar-refractivity contribution in [3.8, 4) is 0 Å². The van der Waals surface area contributed by atoms with E-state index in [4.69, 9.17) is 0 Å². The summed E-state index contributed by atoms with van der Waals surface area (Å²) < 4.78 is 0. The number of rotatable bonds is 4. The molecule has 1 saturated carbocycles. The molecule has 3 rings (SSSR count). The molecule has 0 amide bonds. The van der Waals surface area contributed by atoms with Gasteiger partial charge >= 0.3 is 5.97 Å². The molecule has 1 fully saturated rings. The quantitative estimate of drug-likeness (QED) is 0.886. The molecule has 1 aromatic rings. The Hall–Kier alpha value is -1.35. The Morgan fingerprint density at radius 2 is 1.80 bits per heavy atom. The Morgan fingerprint density at radius 1 is 1.25 bits per heavy atom. The minimum atomic E-state index is -0.672. The largest absolute Gasteiger partial charge is 0.481 e. The predicted molar refractivity (Wildman–Crippen MR) is 78.7 cm³/mol. The molecule has 3 heteroatoms. The Labute approximate surface area is 120 Å². The molecule has 3 nitrogen and oxygen atoms in total. The monoisotopic (exact) mass is 273 g/mol. The number of hydrogen-bond acceptors (Lipinski definition) is 2. The van der Waals surface area contributed by atoms with Gasteiger partial charge in [-0.2, -0.15) is 0 Å². The van der Waals surface area contributed by atoms with E-state index in [-0.39, 0.29) is 12.0 Å². The normalized spacial score (nSPS) is 31.6. The lowest BCUT2D eigenvalue weighted by atomic mass is 9.76. The number of carboxylic acid groups (broad SMARTS) is 1. The summed E-state index contributed by atoms with van der Waals surface area (Å²) in [6.45, 7) is 2.93. The van der Waals surface area contributed by atoms with Gasteiger partial charge in [0.1, 0.15) is 0 Å². The summed E-state index contributed by atoms with van der Waals surface area (Å²) in [5, 5.41) is 13.0. The van der Waals surface area contributed by atoms with E-state index >= 15 is 0 Å². The lowest BCUT2D eigenvalue weighted by Crippen LogP contribution is -2.54. The van der Waals surface area contributed by atoms with Crippen molar-refractivity contribution in [1.82, 2.24) is 5.32 Å². The highest BCUT2D eigenvalue weighted by atomic mass is 16.4. The number of carboxylic acids is 1. The molecule has 2 N–H and O–H groups in total. The number of hydrogen-bond donors (Lipinski definition) is 2. The van der Waals surface area contributed by atoms with E-state index in [1.165, 1.54) is 11.1 Å². The van der Waals surface area contributed by atoms with E-state index in [1.807, 2.05) is 0 Å². The van der Waals surface area contributed by atoms with E-state index in [0.717, 1.165) is 32.2 Å². The van der Waals surface area contributed by atoms with Crippen molar-refractivity contribution in [2.75, 3.05) is 6.54 Å². The fourth-order valence-electron chi connectivity index (χ4n) is 4.53. The van der Waals surface area contributed by atoms with Gasteiger partial charge < -0.3 is 10.4 Å². The van der Waals surface area contributed by atoms with Gasteiger partial charge in [-0.25, -0.2) is 0 Å². The molecule has 0 aromatic heterocycles. The van der Waals surface area contributed by atoms with Crippen LogP contribution in [0.5, 0.6) is 0 Å². The zero-order chi connectivity index (χ0) is 14.2. The fourth-order valence-corrected chi connectivity index (χ4v) is 4.53. The Balaban J connectivity index is 1.99. The summed E-state index contributed by atoms with van der Waals surface area (Å²) in [4.78, 5) is 11.4. The van der Waals surface area contributed by atoms with Crippen LogP contribution < -0.4 is 5.32 Å². The van der Waals surface area contributed by atoms with Crippen LogP contribution in [0.3, 0.4) is 0 Å². The minimum absolute atomic E-state index is 0.209. The van der Waals surface area contributed by atoms with E-state index < -0.39 is 5.97 Å². The van der Waals surface area contributed by atoms with Crippen LogP contribution in [0.4, 0.5) is 0 Å². The topological polar surface area (TPSA) is 49.3 Å². The van der Waals surface area contributed by atoms with E-state index in [0.29, 0.717) is 11.8 Å². The van der Waals surface area contributed by atoms with Gasteiger partial charge in [0.15, 0.2) is 0 Å². The molecule has 2 atom stereocenters. The molecule has 1 aromatic carbocycles. The van der Waals surface area contributed by atoms with Crippen LogP contribution in [-0.2, 0) is 17.6 Å². The van der Waals surface area contributed by atoms with Crippen molar-refractivity contribution in [3.05, 3.63) is 35.4 Å². The average Bonchev–Trinajstić information content (AvgIpc) is 2.62. The van der Waals surface area contributed by atoms with Crippen molar-refractivity contribution in [2.24, 2.45) is 11.8 Å². The molecular formula is C17H23NO2. The summed E-state index contributed by atoms with van der Waals surface area (Å²) in [5.41, 5.74) is 2.64. The van der Waals surface area contributed by atoms with E-state index in [9.17, 15) is 9.90 Å². The van der Waals surface area contributed by atoms with Crippen molar-refractivity contribution in [1.29, 1.82) is 0 Å². The SMILES string of the molecule is CCNC1(CC(=O)O)C2CCC1Cc1ccccc1C2. The van der Waals surface area contributed by atoms with Gasteiger partial charge in [-0.3, -0.25) is 4.79 Å². The van der Waals surface area contributed by atoms with Gasteiger partial charge in [0.25, 0.3) is 0 Å². The number of nitrogens with one attached hydrogen (secondary N) is 1. The molecule has 0 saturated heterocycles. The highest BCUT2D eigenvalue weighted by Gasteiger charge is 2.51. The first-order valence-electron chi connectivity index (χ1n) is 7.69. The van der Waals surface area contributed by atoms with Gasteiger partial charge in [0.2, 0.25) is 0 Å². The van der Waals surface area contributed by atoms with Gasteiger partial charge in [-0.1, -0.05) is 31.2 Å². The fraction of sp³-hybridized carbons (Fsp3) is 0.588. The standard InChI is InChI=1S/C17H23NO2/c1-2-18-17(11-16(19)20)14-7-8-15(17)10-13-6-4-3-5-12(13)9-14/h3-6,14-15,18H,2,7-11H2,1H3,(H,19,20). The van der Waals surface area contributed by atoms with Crippen molar-refractivity contribution < 1.29 is 9.90 Å². The Morgan fingerprint density at radius 3 is 2.25 bits per heavy atom. The molecule has 0 heterocycles. The summed E-state index contributed by atoms with van der Waals surface area (Å²) in [7, 11) is 0. The van der Waals surface area contributed by atoms with Crippen molar-refractivity contribution in [2.45, 2.75) is 44.6 Å². The molecule has 0 aliphatic heterocycles. The lowest BCUT2D eigenvalue weighted by molar-refractivity contribution is -0.139. The summed E-state index contributed by atoms with van der Waals surface area (Å²) in [6.07, 6.45) is 4.60. The minimum Gasteiger partial charge on any atom is -0.481 e. The Kier molecular flexibility index (Phi) is 3.55. The number of benzene rings is 1. The molecule has 2 aliphatic carbocycles. The molecule has 2 aliphatic rings. The second kappa shape index (κ2) is 5.21. The van der Waals surface area contributed by atoms with Crippen molar-refractivity contribution in [3.63, 3.8) is 0 Å². The van der Waals surface area contributed by atoms with Crippen LogP contribution in [0, 0.1) is 11.8 Å². The Bertz CT molecular complexity index is 478. The third kappa shape index (κ3) is 2.14. The van der Waals surface area contributed by atoms with Crippen LogP contribution in [0.2, 0.25) is 0 Å². The third-order valence-electron chi connectivity index (χ3n) is 5.32. The highest BCUT2D eigenvalue weighted by molar-refractivity contribution is 5.69. The summed E-state index contributed by atoms with van der Waals surface area (Å²) in [6, 6.07) is 8.63. The maximum absolute atomic E-state index is 11.4. The third-order valence-corrected chi connectivity index (χ3v) is 5.32. The van der Waals surface area contributed by atoms with Gasteiger partial charge in [-0.15, -0.1) is 0 Å². The van der Waals surface area contributed by atoms with Crippen LogP contribution in [0.25, 0.3) is 0 Å². The maximum atomic E-state index is 11.4. The zero-order valence-corrected chi connectivity index (χ0v) is 12.1. The second-order valence-electron chi connectivity index (χ2n) is 6.29. The first-order chi connectivity index (χ1) is 9.65. The molecule has 0 spiro atoms. The number of fused-ring (bicyclic) bond motifs is 3. The average molecular weight is 273 g/mol. The lowest BCUT2D eigenvalue weighted by Gasteiger charge is -2.39. The van der Waals surface area contributed by atoms with Gasteiger partial charge in [0, 0.05) is 5.54 Å². The highest BCUT2D eigenvalue weighted by Crippen LogP contribution is 2.48. The number of carbonyl (C=O) groups is 1. The molecule has 20 heavy (non-hydrogen) atoms. The smallest absolute Gasteiger partial charge is 0.305 e. The van der Waals surface area contributed by atoms with Crippen LogP contribution in [0.1, 0.15) is 37.3 Å². The zero-order valence-electron chi connectivity index (χ0n) is 12.1. The number of aliphatic carboxylic acids is 1. The van der Waals surface area contributed by atoms with Crippen LogP contribution >= 0.6 is 0 Å². The molecule has 108 valence electrons. The predicted octanol–water partition coefficient (Wildman–Crippen LogP) is 2.63. The molecule has 0 radical (unpaired) electrons. The van der Waals surface area contributed by atoms with Crippen molar-refractivity contribution >= 4 is 5.97 Å². The molecular weight excluding hydrogens is 250 g/mol.